The molecule has 0 aromatic heterocycles. The van der Waals surface area contributed by atoms with Gasteiger partial charge in [-0.05, 0) is 50.3 Å². The number of benzene rings is 1. The average molecular weight is 321 g/mol. The maximum atomic E-state index is 12.7. The molecule has 1 aliphatic rings. The zero-order chi connectivity index (χ0) is 16.2. The Morgan fingerprint density at radius 2 is 2.09 bits per heavy atom. The van der Waals surface area contributed by atoms with Crippen LogP contribution in [0.4, 0.5) is 0 Å². The Labute approximate surface area is 136 Å². The number of terminal acetylenes is 1. The normalized spacial score (nSPS) is 27.4. The number of carbonyl (C=O) groups excluding carboxylic acids is 1. The Bertz CT molecular complexity index is 575. The van der Waals surface area contributed by atoms with E-state index < -0.39 is 11.0 Å². The smallest absolute Gasteiger partial charge is 0.315 e. The van der Waals surface area contributed by atoms with Crippen molar-refractivity contribution in [1.29, 1.82) is 0 Å². The molecule has 4 heteroatoms. The van der Waals surface area contributed by atoms with Crippen molar-refractivity contribution >= 4 is 17.6 Å². The Morgan fingerprint density at radius 3 is 2.68 bits per heavy atom. The lowest BCUT2D eigenvalue weighted by atomic mass is 9.68. The number of halogens is 1. The fraction of sp³-hybridized carbons (Fsp3) is 0.500. The summed E-state index contributed by atoms with van der Waals surface area (Å²) in [6.45, 7) is 2.05. The molecule has 0 spiro atoms. The molecule has 1 fully saturated rings. The highest BCUT2D eigenvalue weighted by Gasteiger charge is 2.59. The van der Waals surface area contributed by atoms with Crippen LogP contribution in [0.1, 0.15) is 38.2 Å². The highest BCUT2D eigenvalue weighted by Crippen LogP contribution is 2.51. The van der Waals surface area contributed by atoms with Gasteiger partial charge in [-0.2, -0.15) is 0 Å². The van der Waals surface area contributed by atoms with Gasteiger partial charge in [0.05, 0.1) is 12.2 Å². The lowest BCUT2D eigenvalue weighted by Crippen LogP contribution is -2.51. The van der Waals surface area contributed by atoms with E-state index >= 15 is 0 Å². The molecule has 0 radical (unpaired) electrons. The fourth-order valence-corrected chi connectivity index (χ4v) is 3.54. The van der Waals surface area contributed by atoms with Gasteiger partial charge in [0.1, 0.15) is 5.41 Å². The second-order valence-corrected chi connectivity index (χ2v) is 6.31. The molecule has 118 valence electrons. The van der Waals surface area contributed by atoms with Crippen LogP contribution in [0.2, 0.25) is 5.02 Å². The third kappa shape index (κ3) is 2.99. The first kappa shape index (κ1) is 16.9. The lowest BCUT2D eigenvalue weighted by molar-refractivity contribution is -0.170. The van der Waals surface area contributed by atoms with Crippen LogP contribution >= 0.6 is 11.6 Å². The Balaban J connectivity index is 2.40. The summed E-state index contributed by atoms with van der Waals surface area (Å²) in [7, 11) is 0. The molecule has 1 N–H and O–H groups in total. The summed E-state index contributed by atoms with van der Waals surface area (Å²) >= 11 is 5.91. The lowest BCUT2D eigenvalue weighted by Gasteiger charge is -2.39. The minimum atomic E-state index is -1.21. The molecular formula is C18H21ClO3. The number of aliphatic hydroxyl groups is 1. The molecule has 0 unspecified atom stereocenters. The van der Waals surface area contributed by atoms with E-state index in [1.807, 2.05) is 12.1 Å². The van der Waals surface area contributed by atoms with E-state index in [4.69, 9.17) is 22.8 Å². The maximum absolute atomic E-state index is 12.7. The molecule has 0 aliphatic heterocycles. The number of ether oxygens (including phenoxy) is 1. The number of carbonyl (C=O) groups is 1. The first-order valence-corrected chi connectivity index (χ1v) is 7.93. The average Bonchev–Trinajstić information content (AvgIpc) is 2.80. The van der Waals surface area contributed by atoms with Crippen LogP contribution in [0, 0.1) is 17.8 Å². The van der Waals surface area contributed by atoms with Crippen molar-refractivity contribution in [2.45, 2.75) is 44.6 Å². The van der Waals surface area contributed by atoms with Crippen LogP contribution < -0.4 is 0 Å². The number of hydrogen-bond donors (Lipinski definition) is 1. The summed E-state index contributed by atoms with van der Waals surface area (Å²) in [6.07, 6.45) is 7.83. The van der Waals surface area contributed by atoms with E-state index in [0.29, 0.717) is 24.3 Å². The molecule has 0 heterocycles. The molecule has 1 aromatic carbocycles. The number of hydrogen-bond acceptors (Lipinski definition) is 3. The van der Waals surface area contributed by atoms with Crippen molar-refractivity contribution in [2.75, 3.05) is 6.61 Å². The van der Waals surface area contributed by atoms with Crippen LogP contribution in [0.3, 0.4) is 0 Å². The minimum Gasteiger partial charge on any atom is -0.465 e. The quantitative estimate of drug-likeness (QED) is 0.668. The van der Waals surface area contributed by atoms with E-state index in [-0.39, 0.29) is 19.0 Å². The highest BCUT2D eigenvalue weighted by atomic mass is 35.5. The zero-order valence-corrected chi connectivity index (χ0v) is 13.5. The summed E-state index contributed by atoms with van der Waals surface area (Å²) in [6, 6.07) is 7.31. The predicted molar refractivity (Wildman–Crippen MR) is 86.5 cm³/mol. The van der Waals surface area contributed by atoms with Crippen molar-refractivity contribution < 1.29 is 14.6 Å². The molecule has 22 heavy (non-hydrogen) atoms. The minimum absolute atomic E-state index is 0.152. The first-order chi connectivity index (χ1) is 10.5. The Kier molecular flexibility index (Phi) is 5.16. The van der Waals surface area contributed by atoms with Gasteiger partial charge in [0.15, 0.2) is 0 Å². The molecule has 1 aliphatic carbocycles. The maximum Gasteiger partial charge on any atom is 0.315 e. The van der Waals surface area contributed by atoms with Gasteiger partial charge in [0.2, 0.25) is 0 Å². The Morgan fingerprint density at radius 1 is 1.41 bits per heavy atom. The number of esters is 1. The van der Waals surface area contributed by atoms with Gasteiger partial charge >= 0.3 is 5.97 Å². The molecule has 3 nitrogen and oxygen atoms in total. The molecule has 1 saturated carbocycles. The van der Waals surface area contributed by atoms with Crippen LogP contribution in [0.25, 0.3) is 0 Å². The van der Waals surface area contributed by atoms with Gasteiger partial charge in [-0.25, -0.2) is 0 Å². The third-order valence-electron chi connectivity index (χ3n) is 4.56. The molecule has 1 aromatic rings. The van der Waals surface area contributed by atoms with E-state index in [9.17, 15) is 9.90 Å². The third-order valence-corrected chi connectivity index (χ3v) is 4.82. The monoisotopic (exact) mass is 320 g/mol. The van der Waals surface area contributed by atoms with Gasteiger partial charge in [0.25, 0.3) is 0 Å². The molecule has 2 atom stereocenters. The van der Waals surface area contributed by atoms with Crippen molar-refractivity contribution in [3.63, 3.8) is 0 Å². The summed E-state index contributed by atoms with van der Waals surface area (Å²) in [5.74, 6) is 2.16. The Hall–Kier alpha value is -1.50. The van der Waals surface area contributed by atoms with Gasteiger partial charge < -0.3 is 9.84 Å². The standard InChI is InChI=1S/C18H21ClO3/c1-3-10-18(21)12-5-11-17(18,16(20)22-4-2)13-14-6-8-15(19)9-7-14/h1,6-9,21H,4-5,10-13H2,2H3/t17-,18-/m1/s1. The van der Waals surface area contributed by atoms with E-state index in [1.165, 1.54) is 0 Å². The van der Waals surface area contributed by atoms with Gasteiger partial charge in [-0.3, -0.25) is 4.79 Å². The molecule has 0 amide bonds. The van der Waals surface area contributed by atoms with Gasteiger partial charge in [-0.15, -0.1) is 12.3 Å². The highest BCUT2D eigenvalue weighted by molar-refractivity contribution is 6.30. The summed E-state index contributed by atoms with van der Waals surface area (Å²) < 4.78 is 5.27. The van der Waals surface area contributed by atoms with Crippen molar-refractivity contribution in [1.82, 2.24) is 0 Å². The summed E-state index contributed by atoms with van der Waals surface area (Å²) in [5, 5.41) is 11.7. The topological polar surface area (TPSA) is 46.5 Å². The summed E-state index contributed by atoms with van der Waals surface area (Å²) in [5.41, 5.74) is -1.26. The van der Waals surface area contributed by atoms with Crippen LogP contribution in [-0.4, -0.2) is 23.3 Å². The fourth-order valence-electron chi connectivity index (χ4n) is 3.42. The SMILES string of the molecule is C#CC[C@@]1(O)CCC[C@@]1(Cc1ccc(Cl)cc1)C(=O)OCC. The van der Waals surface area contributed by atoms with Crippen LogP contribution in [-0.2, 0) is 16.0 Å². The van der Waals surface area contributed by atoms with E-state index in [2.05, 4.69) is 5.92 Å². The van der Waals surface area contributed by atoms with E-state index in [0.717, 1.165) is 12.0 Å². The largest absolute Gasteiger partial charge is 0.465 e. The van der Waals surface area contributed by atoms with Crippen LogP contribution in [0.15, 0.2) is 24.3 Å². The molecule has 0 bridgehead atoms. The van der Waals surface area contributed by atoms with Crippen molar-refractivity contribution in [3.05, 3.63) is 34.9 Å². The second-order valence-electron chi connectivity index (χ2n) is 5.87. The molecular weight excluding hydrogens is 300 g/mol. The number of rotatable bonds is 5. The molecule has 0 saturated heterocycles. The van der Waals surface area contributed by atoms with E-state index in [1.54, 1.807) is 19.1 Å². The zero-order valence-electron chi connectivity index (χ0n) is 12.8. The van der Waals surface area contributed by atoms with Crippen molar-refractivity contribution in [2.24, 2.45) is 5.41 Å². The van der Waals surface area contributed by atoms with Crippen LogP contribution in [0.5, 0.6) is 0 Å². The predicted octanol–water partition coefficient (Wildman–Crippen LogP) is 3.37. The first-order valence-electron chi connectivity index (χ1n) is 7.55. The van der Waals surface area contributed by atoms with Crippen molar-refractivity contribution in [3.8, 4) is 12.3 Å². The second kappa shape index (κ2) is 6.73. The summed E-state index contributed by atoms with van der Waals surface area (Å²) in [4.78, 5) is 12.7. The van der Waals surface area contributed by atoms with Gasteiger partial charge in [0, 0.05) is 11.4 Å². The molecule has 2 rings (SSSR count). The van der Waals surface area contributed by atoms with Gasteiger partial charge in [-0.1, -0.05) is 23.7 Å².